The summed E-state index contributed by atoms with van der Waals surface area (Å²) in [6.07, 6.45) is 1.06. The molecule has 0 saturated carbocycles. The molecule has 0 aliphatic heterocycles. The first-order chi connectivity index (χ1) is 9.78. The van der Waals surface area contributed by atoms with E-state index < -0.39 is 0 Å². The lowest BCUT2D eigenvalue weighted by atomic mass is 10.1. The van der Waals surface area contributed by atoms with Gasteiger partial charge in [0.25, 0.3) is 0 Å². The molecule has 0 saturated heterocycles. The van der Waals surface area contributed by atoms with Gasteiger partial charge in [-0.3, -0.25) is 0 Å². The van der Waals surface area contributed by atoms with E-state index in [1.54, 1.807) is 0 Å². The summed E-state index contributed by atoms with van der Waals surface area (Å²) in [4.78, 5) is 8.14. The Morgan fingerprint density at radius 1 is 0.900 bits per heavy atom. The summed E-state index contributed by atoms with van der Waals surface area (Å²) in [7, 11) is 0. The molecular formula is C18H18N2. The third kappa shape index (κ3) is 2.37. The van der Waals surface area contributed by atoms with Gasteiger partial charge in [-0.05, 0) is 18.9 Å². The number of benzene rings is 2. The fraction of sp³-hybridized carbons (Fsp3) is 0.167. The normalized spacial score (nSPS) is 10.7. The third-order valence-corrected chi connectivity index (χ3v) is 3.57. The summed E-state index contributed by atoms with van der Waals surface area (Å²) in [6.45, 7) is 4.23. The summed E-state index contributed by atoms with van der Waals surface area (Å²) < 4.78 is 0. The number of rotatable bonds is 3. The molecule has 0 bridgehead atoms. The summed E-state index contributed by atoms with van der Waals surface area (Å²) in [5, 5.41) is 0. The predicted molar refractivity (Wildman–Crippen MR) is 83.6 cm³/mol. The Kier molecular flexibility index (Phi) is 3.38. The highest BCUT2D eigenvalue weighted by molar-refractivity contribution is 5.67. The SMILES string of the molecule is CCc1ccc(-c2nc(-c3ccccc3)c(C)[nH]2)cc1. The standard InChI is InChI=1S/C18H18N2/c1-3-14-9-11-16(12-10-14)18-19-13(2)17(20-18)15-7-5-4-6-8-15/h4-12H,3H2,1-2H3,(H,19,20). The summed E-state index contributed by atoms with van der Waals surface area (Å²) in [5.74, 6) is 0.934. The van der Waals surface area contributed by atoms with Crippen LogP contribution in [-0.2, 0) is 6.42 Å². The summed E-state index contributed by atoms with van der Waals surface area (Å²) in [6, 6.07) is 18.9. The number of aryl methyl sites for hydroxylation is 2. The highest BCUT2D eigenvalue weighted by atomic mass is 14.9. The summed E-state index contributed by atoms with van der Waals surface area (Å²) in [5.41, 5.74) is 5.76. The largest absolute Gasteiger partial charge is 0.342 e. The topological polar surface area (TPSA) is 28.7 Å². The minimum absolute atomic E-state index is 0.934. The molecule has 0 amide bonds. The van der Waals surface area contributed by atoms with Crippen LogP contribution in [0.15, 0.2) is 54.6 Å². The molecule has 100 valence electrons. The monoisotopic (exact) mass is 262 g/mol. The van der Waals surface area contributed by atoms with E-state index >= 15 is 0 Å². The van der Waals surface area contributed by atoms with Crippen LogP contribution in [0.2, 0.25) is 0 Å². The van der Waals surface area contributed by atoms with Crippen LogP contribution >= 0.6 is 0 Å². The molecule has 2 heteroatoms. The van der Waals surface area contributed by atoms with E-state index in [-0.39, 0.29) is 0 Å². The Labute approximate surface area is 119 Å². The van der Waals surface area contributed by atoms with Crippen LogP contribution in [0, 0.1) is 6.92 Å². The van der Waals surface area contributed by atoms with E-state index in [0.29, 0.717) is 0 Å². The van der Waals surface area contributed by atoms with Gasteiger partial charge in [0, 0.05) is 16.8 Å². The van der Waals surface area contributed by atoms with Crippen LogP contribution in [0.25, 0.3) is 22.6 Å². The van der Waals surface area contributed by atoms with Gasteiger partial charge in [0.05, 0.1) is 5.69 Å². The number of imidazole rings is 1. The lowest BCUT2D eigenvalue weighted by molar-refractivity contribution is 1.14. The van der Waals surface area contributed by atoms with Crippen molar-refractivity contribution in [3.63, 3.8) is 0 Å². The second-order valence-electron chi connectivity index (χ2n) is 4.98. The second kappa shape index (κ2) is 5.33. The zero-order chi connectivity index (χ0) is 13.9. The number of hydrogen-bond donors (Lipinski definition) is 1. The molecule has 2 aromatic carbocycles. The molecule has 0 unspecified atom stereocenters. The molecule has 1 heterocycles. The number of hydrogen-bond acceptors (Lipinski definition) is 1. The first kappa shape index (κ1) is 12.7. The van der Waals surface area contributed by atoms with Crippen molar-refractivity contribution in [2.24, 2.45) is 0 Å². The first-order valence-electron chi connectivity index (χ1n) is 6.99. The van der Waals surface area contributed by atoms with Crippen molar-refractivity contribution < 1.29 is 0 Å². The maximum atomic E-state index is 4.75. The Hall–Kier alpha value is -2.35. The minimum atomic E-state index is 0.934. The van der Waals surface area contributed by atoms with Gasteiger partial charge in [0.1, 0.15) is 5.82 Å². The van der Waals surface area contributed by atoms with Crippen molar-refractivity contribution in [2.45, 2.75) is 20.3 Å². The lowest BCUT2D eigenvalue weighted by Crippen LogP contribution is -1.83. The van der Waals surface area contributed by atoms with Crippen molar-refractivity contribution in [3.8, 4) is 22.6 Å². The molecule has 20 heavy (non-hydrogen) atoms. The van der Waals surface area contributed by atoms with Gasteiger partial charge in [-0.2, -0.15) is 0 Å². The van der Waals surface area contributed by atoms with Gasteiger partial charge in [-0.25, -0.2) is 4.98 Å². The molecule has 1 aromatic heterocycles. The average molecular weight is 262 g/mol. The van der Waals surface area contributed by atoms with E-state index in [1.807, 2.05) is 18.2 Å². The van der Waals surface area contributed by atoms with E-state index in [1.165, 1.54) is 5.56 Å². The van der Waals surface area contributed by atoms with Gasteiger partial charge in [-0.15, -0.1) is 0 Å². The van der Waals surface area contributed by atoms with Gasteiger partial charge in [0.2, 0.25) is 0 Å². The Balaban J connectivity index is 2.00. The molecule has 0 spiro atoms. The molecule has 0 aliphatic carbocycles. The van der Waals surface area contributed by atoms with E-state index in [2.05, 4.69) is 55.2 Å². The molecule has 0 aliphatic rings. The predicted octanol–water partition coefficient (Wildman–Crippen LogP) is 4.61. The zero-order valence-corrected chi connectivity index (χ0v) is 11.9. The van der Waals surface area contributed by atoms with E-state index in [9.17, 15) is 0 Å². The molecule has 0 atom stereocenters. The van der Waals surface area contributed by atoms with Crippen molar-refractivity contribution in [3.05, 3.63) is 65.9 Å². The number of aromatic nitrogens is 2. The number of nitrogens with one attached hydrogen (secondary N) is 1. The van der Waals surface area contributed by atoms with Crippen molar-refractivity contribution >= 4 is 0 Å². The lowest BCUT2D eigenvalue weighted by Gasteiger charge is -1.99. The van der Waals surface area contributed by atoms with Gasteiger partial charge in [0.15, 0.2) is 0 Å². The van der Waals surface area contributed by atoms with Crippen LogP contribution < -0.4 is 0 Å². The Morgan fingerprint density at radius 3 is 2.25 bits per heavy atom. The number of aromatic amines is 1. The molecule has 3 rings (SSSR count). The average Bonchev–Trinajstić information content (AvgIpc) is 2.90. The Bertz CT molecular complexity index is 694. The van der Waals surface area contributed by atoms with Crippen molar-refractivity contribution in [1.82, 2.24) is 9.97 Å². The first-order valence-corrected chi connectivity index (χ1v) is 6.99. The van der Waals surface area contributed by atoms with E-state index in [0.717, 1.165) is 34.8 Å². The summed E-state index contributed by atoms with van der Waals surface area (Å²) >= 11 is 0. The van der Waals surface area contributed by atoms with Crippen LogP contribution in [0.3, 0.4) is 0 Å². The number of H-pyrrole nitrogens is 1. The highest BCUT2D eigenvalue weighted by Gasteiger charge is 2.09. The quantitative estimate of drug-likeness (QED) is 0.733. The molecule has 0 radical (unpaired) electrons. The smallest absolute Gasteiger partial charge is 0.138 e. The van der Waals surface area contributed by atoms with Crippen LogP contribution in [0.4, 0.5) is 0 Å². The van der Waals surface area contributed by atoms with Crippen LogP contribution in [0.5, 0.6) is 0 Å². The molecule has 3 aromatic rings. The van der Waals surface area contributed by atoms with Crippen molar-refractivity contribution in [1.29, 1.82) is 0 Å². The fourth-order valence-electron chi connectivity index (χ4n) is 2.37. The molecule has 0 fully saturated rings. The number of nitrogens with zero attached hydrogens (tertiary/aromatic N) is 1. The highest BCUT2D eigenvalue weighted by Crippen LogP contribution is 2.25. The fourth-order valence-corrected chi connectivity index (χ4v) is 2.37. The van der Waals surface area contributed by atoms with Crippen molar-refractivity contribution in [2.75, 3.05) is 0 Å². The zero-order valence-electron chi connectivity index (χ0n) is 11.9. The maximum absolute atomic E-state index is 4.75. The van der Waals surface area contributed by atoms with Crippen LogP contribution in [0.1, 0.15) is 18.2 Å². The second-order valence-corrected chi connectivity index (χ2v) is 4.98. The molecule has 2 nitrogen and oxygen atoms in total. The van der Waals surface area contributed by atoms with Gasteiger partial charge >= 0.3 is 0 Å². The van der Waals surface area contributed by atoms with Crippen LogP contribution in [-0.4, -0.2) is 9.97 Å². The minimum Gasteiger partial charge on any atom is -0.342 e. The van der Waals surface area contributed by atoms with E-state index in [4.69, 9.17) is 4.98 Å². The Morgan fingerprint density at radius 2 is 1.60 bits per heavy atom. The molecular weight excluding hydrogens is 244 g/mol. The molecule has 1 N–H and O–H groups in total. The van der Waals surface area contributed by atoms with Gasteiger partial charge < -0.3 is 4.98 Å². The maximum Gasteiger partial charge on any atom is 0.138 e. The third-order valence-electron chi connectivity index (χ3n) is 3.57. The van der Waals surface area contributed by atoms with Gasteiger partial charge in [-0.1, -0.05) is 61.5 Å².